The molecule has 1 unspecified atom stereocenters. The Labute approximate surface area is 111 Å². The third-order valence-corrected chi connectivity index (χ3v) is 3.13. The van der Waals surface area contributed by atoms with Gasteiger partial charge in [0, 0.05) is 5.92 Å². The van der Waals surface area contributed by atoms with Crippen LogP contribution in [0.4, 0.5) is 0 Å². The van der Waals surface area contributed by atoms with Gasteiger partial charge in [-0.1, -0.05) is 42.5 Å². The molecular weight excluding hydrogens is 240 g/mol. The largest absolute Gasteiger partial charge is 0.504 e. The van der Waals surface area contributed by atoms with Crippen LogP contribution in [0, 0.1) is 0 Å². The minimum absolute atomic E-state index is 0.00609. The SMILES string of the molecule is O=c1ccc(C(CO)Cc2ccccc2)ccc1O. The molecule has 2 aromatic rings. The number of hydrogen-bond acceptors (Lipinski definition) is 3. The van der Waals surface area contributed by atoms with Crippen LogP contribution in [0.3, 0.4) is 0 Å². The molecule has 19 heavy (non-hydrogen) atoms. The lowest BCUT2D eigenvalue weighted by atomic mass is 9.94. The summed E-state index contributed by atoms with van der Waals surface area (Å²) >= 11 is 0. The zero-order valence-electron chi connectivity index (χ0n) is 10.5. The Bertz CT molecular complexity index is 593. The van der Waals surface area contributed by atoms with Gasteiger partial charge >= 0.3 is 0 Å². The number of rotatable bonds is 4. The van der Waals surface area contributed by atoms with Crippen molar-refractivity contribution in [1.29, 1.82) is 0 Å². The molecule has 0 saturated carbocycles. The van der Waals surface area contributed by atoms with Gasteiger partial charge in [-0.25, -0.2) is 0 Å². The van der Waals surface area contributed by atoms with E-state index in [1.165, 1.54) is 12.1 Å². The maximum Gasteiger partial charge on any atom is 0.220 e. The van der Waals surface area contributed by atoms with E-state index in [1.54, 1.807) is 12.1 Å². The van der Waals surface area contributed by atoms with Crippen molar-refractivity contribution in [1.82, 2.24) is 0 Å². The van der Waals surface area contributed by atoms with E-state index in [4.69, 9.17) is 0 Å². The first-order valence-corrected chi connectivity index (χ1v) is 6.18. The molecule has 0 aliphatic heterocycles. The molecule has 3 nitrogen and oxygen atoms in total. The summed E-state index contributed by atoms with van der Waals surface area (Å²) < 4.78 is 0. The number of aromatic hydroxyl groups is 1. The van der Waals surface area contributed by atoms with Crippen molar-refractivity contribution < 1.29 is 10.2 Å². The molecule has 0 spiro atoms. The highest BCUT2D eigenvalue weighted by Crippen LogP contribution is 2.20. The molecule has 98 valence electrons. The number of aliphatic hydroxyl groups is 1. The highest BCUT2D eigenvalue weighted by Gasteiger charge is 2.11. The topological polar surface area (TPSA) is 57.5 Å². The monoisotopic (exact) mass is 256 g/mol. The fourth-order valence-electron chi connectivity index (χ4n) is 2.03. The Morgan fingerprint density at radius 3 is 2.32 bits per heavy atom. The number of aliphatic hydroxyl groups excluding tert-OH is 1. The van der Waals surface area contributed by atoms with Gasteiger partial charge in [0.2, 0.25) is 5.43 Å². The van der Waals surface area contributed by atoms with Crippen LogP contribution >= 0.6 is 0 Å². The maximum atomic E-state index is 11.3. The number of hydrogen-bond donors (Lipinski definition) is 2. The summed E-state index contributed by atoms with van der Waals surface area (Å²) in [5.41, 5.74) is 1.55. The van der Waals surface area contributed by atoms with Crippen LogP contribution in [-0.4, -0.2) is 16.8 Å². The highest BCUT2D eigenvalue weighted by molar-refractivity contribution is 5.28. The summed E-state index contributed by atoms with van der Waals surface area (Å²) in [5, 5.41) is 18.9. The fraction of sp³-hybridized carbons (Fsp3) is 0.188. The lowest BCUT2D eigenvalue weighted by molar-refractivity contribution is 0.264. The Kier molecular flexibility index (Phi) is 4.31. The summed E-state index contributed by atoms with van der Waals surface area (Å²) in [4.78, 5) is 11.3. The molecule has 0 bridgehead atoms. The van der Waals surface area contributed by atoms with Crippen molar-refractivity contribution in [2.45, 2.75) is 12.3 Å². The van der Waals surface area contributed by atoms with Gasteiger partial charge in [-0.15, -0.1) is 0 Å². The minimum atomic E-state index is -0.414. The van der Waals surface area contributed by atoms with Crippen LogP contribution in [-0.2, 0) is 6.42 Å². The van der Waals surface area contributed by atoms with Crippen molar-refractivity contribution in [2.24, 2.45) is 0 Å². The van der Waals surface area contributed by atoms with Gasteiger partial charge in [0.25, 0.3) is 0 Å². The normalized spacial score (nSPS) is 12.1. The molecule has 1 atom stereocenters. The molecular formula is C16H16O3. The van der Waals surface area contributed by atoms with E-state index in [0.717, 1.165) is 11.1 Å². The predicted octanol–water partition coefficient (Wildman–Crippen LogP) is 2.07. The van der Waals surface area contributed by atoms with Crippen LogP contribution in [0.5, 0.6) is 5.75 Å². The van der Waals surface area contributed by atoms with Crippen LogP contribution in [0.25, 0.3) is 0 Å². The molecule has 0 amide bonds. The average Bonchev–Trinajstić information content (AvgIpc) is 2.61. The molecule has 2 aromatic carbocycles. The lowest BCUT2D eigenvalue weighted by Gasteiger charge is -2.13. The third-order valence-electron chi connectivity index (χ3n) is 3.13. The Balaban J connectivity index is 2.28. The third kappa shape index (κ3) is 3.42. The first-order chi connectivity index (χ1) is 9.20. The van der Waals surface area contributed by atoms with Crippen molar-refractivity contribution in [3.05, 3.63) is 75.9 Å². The molecule has 2 N–H and O–H groups in total. The van der Waals surface area contributed by atoms with Crippen LogP contribution in [0.1, 0.15) is 17.0 Å². The lowest BCUT2D eigenvalue weighted by Crippen LogP contribution is -2.07. The van der Waals surface area contributed by atoms with E-state index in [1.807, 2.05) is 30.3 Å². The van der Waals surface area contributed by atoms with Crippen molar-refractivity contribution in [3.8, 4) is 5.75 Å². The van der Waals surface area contributed by atoms with Crippen molar-refractivity contribution in [2.75, 3.05) is 6.61 Å². The zero-order chi connectivity index (χ0) is 13.7. The Morgan fingerprint density at radius 2 is 1.63 bits per heavy atom. The first-order valence-electron chi connectivity index (χ1n) is 6.18. The molecule has 0 radical (unpaired) electrons. The second-order valence-electron chi connectivity index (χ2n) is 4.49. The van der Waals surface area contributed by atoms with Gasteiger partial charge in [-0.2, -0.15) is 0 Å². The second kappa shape index (κ2) is 6.16. The Hall–Kier alpha value is -2.13. The van der Waals surface area contributed by atoms with Crippen LogP contribution in [0.2, 0.25) is 0 Å². The molecule has 3 heteroatoms. The molecule has 0 saturated heterocycles. The van der Waals surface area contributed by atoms with E-state index in [2.05, 4.69) is 0 Å². The van der Waals surface area contributed by atoms with Crippen LogP contribution < -0.4 is 5.43 Å². The van der Waals surface area contributed by atoms with E-state index in [0.29, 0.717) is 6.42 Å². The smallest absolute Gasteiger partial charge is 0.220 e. The quantitative estimate of drug-likeness (QED) is 0.880. The van der Waals surface area contributed by atoms with E-state index >= 15 is 0 Å². The van der Waals surface area contributed by atoms with E-state index < -0.39 is 5.43 Å². The first kappa shape index (κ1) is 13.3. The van der Waals surface area contributed by atoms with Gasteiger partial charge in [0.05, 0.1) is 6.61 Å². The van der Waals surface area contributed by atoms with E-state index in [-0.39, 0.29) is 18.3 Å². The summed E-state index contributed by atoms with van der Waals surface area (Å²) in [6.45, 7) is -0.00609. The molecule has 0 heterocycles. The minimum Gasteiger partial charge on any atom is -0.504 e. The summed E-state index contributed by atoms with van der Waals surface area (Å²) in [5.74, 6) is -0.365. The van der Waals surface area contributed by atoms with Crippen molar-refractivity contribution >= 4 is 0 Å². The average molecular weight is 256 g/mol. The van der Waals surface area contributed by atoms with Gasteiger partial charge in [-0.3, -0.25) is 4.79 Å². The Morgan fingerprint density at radius 1 is 0.947 bits per heavy atom. The fourth-order valence-corrected chi connectivity index (χ4v) is 2.03. The van der Waals surface area contributed by atoms with Crippen LogP contribution in [0.15, 0.2) is 59.4 Å². The molecule has 0 aliphatic rings. The molecule has 0 aromatic heterocycles. The van der Waals surface area contributed by atoms with Gasteiger partial charge in [0.1, 0.15) is 0 Å². The second-order valence-corrected chi connectivity index (χ2v) is 4.49. The molecule has 2 rings (SSSR count). The van der Waals surface area contributed by atoms with Gasteiger partial charge < -0.3 is 10.2 Å². The molecule has 0 fully saturated rings. The zero-order valence-corrected chi connectivity index (χ0v) is 10.5. The van der Waals surface area contributed by atoms with Gasteiger partial charge in [-0.05, 0) is 29.7 Å². The number of benzene rings is 1. The predicted molar refractivity (Wildman–Crippen MR) is 74.3 cm³/mol. The standard InChI is InChI=1S/C16H16O3/c17-11-14(10-12-4-2-1-3-5-12)13-6-8-15(18)16(19)9-7-13/h1-9,14,17H,10-11H2,(H,18,19). The highest BCUT2D eigenvalue weighted by atomic mass is 16.3. The van der Waals surface area contributed by atoms with E-state index in [9.17, 15) is 15.0 Å². The summed E-state index contributed by atoms with van der Waals surface area (Å²) in [7, 11) is 0. The van der Waals surface area contributed by atoms with Crippen molar-refractivity contribution in [3.63, 3.8) is 0 Å². The summed E-state index contributed by atoms with van der Waals surface area (Å²) in [6, 6.07) is 15.9. The molecule has 0 aliphatic carbocycles. The summed E-state index contributed by atoms with van der Waals surface area (Å²) in [6.07, 6.45) is 0.691. The van der Waals surface area contributed by atoms with Gasteiger partial charge in [0.15, 0.2) is 5.75 Å². The maximum absolute atomic E-state index is 11.3.